The number of benzene rings is 1. The average molecular weight is 435 g/mol. The highest BCUT2D eigenvalue weighted by Crippen LogP contribution is 2.39. The van der Waals surface area contributed by atoms with Crippen LogP contribution < -0.4 is 5.32 Å². The molecule has 0 aromatic heterocycles. The fourth-order valence-corrected chi connectivity index (χ4v) is 5.29. The number of carbonyl (C=O) groups is 3. The van der Waals surface area contributed by atoms with Gasteiger partial charge >= 0.3 is 0 Å². The molecule has 1 saturated heterocycles. The van der Waals surface area contributed by atoms with Crippen LogP contribution in [0.5, 0.6) is 0 Å². The maximum absolute atomic E-state index is 13.5. The van der Waals surface area contributed by atoms with Crippen molar-refractivity contribution in [3.63, 3.8) is 0 Å². The zero-order valence-electron chi connectivity index (χ0n) is 17.8. The molecule has 3 fully saturated rings. The van der Waals surface area contributed by atoms with Crippen molar-refractivity contribution in [3.05, 3.63) is 35.1 Å². The van der Waals surface area contributed by atoms with Crippen LogP contribution >= 0.6 is 0 Å². The molecule has 31 heavy (non-hydrogen) atoms. The van der Waals surface area contributed by atoms with Crippen LogP contribution in [0.2, 0.25) is 0 Å². The molecular formula is C23H31FN2O5. The molecule has 170 valence electrons. The number of nitrogens with zero attached hydrogens (tertiary/aromatic N) is 1. The Morgan fingerprint density at radius 2 is 1.81 bits per heavy atom. The van der Waals surface area contributed by atoms with E-state index in [0.717, 1.165) is 13.1 Å². The van der Waals surface area contributed by atoms with Crippen molar-refractivity contribution in [3.8, 4) is 0 Å². The van der Waals surface area contributed by atoms with Gasteiger partial charge in [-0.1, -0.05) is 12.5 Å². The topological polar surface area (TPSA) is 107 Å². The predicted molar refractivity (Wildman–Crippen MR) is 112 cm³/mol. The lowest BCUT2D eigenvalue weighted by Crippen LogP contribution is -2.50. The molecule has 2 saturated carbocycles. The lowest BCUT2D eigenvalue weighted by atomic mass is 9.82. The number of likely N-dealkylation sites (tertiary alicyclic amines) is 1. The highest BCUT2D eigenvalue weighted by atomic mass is 19.1. The van der Waals surface area contributed by atoms with Crippen molar-refractivity contribution in [2.45, 2.75) is 57.6 Å². The highest BCUT2D eigenvalue weighted by Gasteiger charge is 2.42. The lowest BCUT2D eigenvalue weighted by molar-refractivity contribution is -0.137. The molecule has 7 nitrogen and oxygen atoms in total. The first-order valence-corrected chi connectivity index (χ1v) is 11.0. The smallest absolute Gasteiger partial charge is 0.290 e. The van der Waals surface area contributed by atoms with E-state index in [2.05, 4.69) is 5.32 Å². The average Bonchev–Trinajstić information content (AvgIpc) is 3.34. The Bertz CT molecular complexity index is 805. The third kappa shape index (κ3) is 5.42. The largest absolute Gasteiger partial charge is 0.483 e. The van der Waals surface area contributed by atoms with Gasteiger partial charge in [-0.25, -0.2) is 4.39 Å². The number of hydrogen-bond acceptors (Lipinski definition) is 4. The summed E-state index contributed by atoms with van der Waals surface area (Å²) in [6.45, 7) is 3.23. The molecule has 1 aromatic rings. The third-order valence-corrected chi connectivity index (χ3v) is 6.96. The van der Waals surface area contributed by atoms with Crippen LogP contribution in [-0.4, -0.2) is 58.6 Å². The summed E-state index contributed by atoms with van der Waals surface area (Å²) in [5, 5.41) is 20.1. The van der Waals surface area contributed by atoms with Crippen molar-refractivity contribution in [2.24, 2.45) is 17.8 Å². The number of rotatable bonds is 3. The Hall–Kier alpha value is -2.48. The van der Waals surface area contributed by atoms with Crippen LogP contribution in [0.1, 0.15) is 54.4 Å². The first-order valence-electron chi connectivity index (χ1n) is 11.0. The van der Waals surface area contributed by atoms with Crippen molar-refractivity contribution < 1.29 is 29.0 Å². The quantitative estimate of drug-likeness (QED) is 0.633. The standard InChI is InChI=1S/C22H29FN2O3.CH2O2/c1-13-5-7-17(23)10-18(13)21(27)24-19-9-14(6-8-20(19)26)22(28)25-11-15-3-2-4-16(15)12-25;2-1-3/h5,7,10,14-16,19-20,26H,2-4,6,8-9,11-12H2,1H3,(H,24,27);1H,(H,2,3)/t14-,15-,16+,19+,20+;/m0./s1. The normalized spacial score (nSPS) is 29.5. The minimum atomic E-state index is -0.681. The summed E-state index contributed by atoms with van der Waals surface area (Å²) >= 11 is 0. The van der Waals surface area contributed by atoms with Crippen molar-refractivity contribution in [2.75, 3.05) is 13.1 Å². The van der Waals surface area contributed by atoms with Crippen molar-refractivity contribution in [1.29, 1.82) is 0 Å². The molecule has 0 radical (unpaired) electrons. The molecule has 1 heterocycles. The number of amides is 2. The van der Waals surface area contributed by atoms with Gasteiger partial charge in [-0.05, 0) is 68.6 Å². The van der Waals surface area contributed by atoms with E-state index in [1.165, 1.54) is 31.4 Å². The molecule has 1 aromatic carbocycles. The van der Waals surface area contributed by atoms with Crippen molar-refractivity contribution in [1.82, 2.24) is 10.2 Å². The Balaban J connectivity index is 0.000000858. The Labute approximate surface area is 181 Å². The molecule has 0 bridgehead atoms. The molecule has 8 heteroatoms. The van der Waals surface area contributed by atoms with Crippen LogP contribution in [0.3, 0.4) is 0 Å². The van der Waals surface area contributed by atoms with Crippen LogP contribution in [0.25, 0.3) is 0 Å². The van der Waals surface area contributed by atoms with Gasteiger partial charge in [-0.2, -0.15) is 0 Å². The van der Waals surface area contributed by atoms with Gasteiger partial charge in [0.25, 0.3) is 12.4 Å². The van der Waals surface area contributed by atoms with Gasteiger partial charge in [-0.15, -0.1) is 0 Å². The molecule has 4 rings (SSSR count). The Kier molecular flexibility index (Phi) is 7.64. The molecule has 3 aliphatic rings. The minimum absolute atomic E-state index is 0.166. The number of halogens is 1. The second-order valence-electron chi connectivity index (χ2n) is 8.92. The van der Waals surface area contributed by atoms with E-state index in [1.54, 1.807) is 13.0 Å². The van der Waals surface area contributed by atoms with E-state index in [0.29, 0.717) is 36.7 Å². The van der Waals surface area contributed by atoms with Gasteiger partial charge < -0.3 is 20.4 Å². The second kappa shape index (κ2) is 10.2. The molecule has 2 aliphatic carbocycles. The van der Waals surface area contributed by atoms with Gasteiger partial charge in [-0.3, -0.25) is 14.4 Å². The summed E-state index contributed by atoms with van der Waals surface area (Å²) in [6.07, 6.45) is 4.63. The molecule has 2 amide bonds. The second-order valence-corrected chi connectivity index (χ2v) is 8.92. The molecule has 0 spiro atoms. The summed E-state index contributed by atoms with van der Waals surface area (Å²) in [4.78, 5) is 36.0. The van der Waals surface area contributed by atoms with E-state index in [4.69, 9.17) is 9.90 Å². The monoisotopic (exact) mass is 434 g/mol. The van der Waals surface area contributed by atoms with Gasteiger partial charge in [0.2, 0.25) is 5.91 Å². The predicted octanol–water partition coefficient (Wildman–Crippen LogP) is 2.35. The van der Waals surface area contributed by atoms with Crippen LogP contribution in [0, 0.1) is 30.5 Å². The number of aryl methyl sites for hydroxylation is 1. The summed E-state index contributed by atoms with van der Waals surface area (Å²) in [7, 11) is 0. The van der Waals surface area contributed by atoms with Crippen LogP contribution in [0.15, 0.2) is 18.2 Å². The Morgan fingerprint density at radius 1 is 1.16 bits per heavy atom. The number of fused-ring (bicyclic) bond motifs is 1. The number of hydrogen-bond donors (Lipinski definition) is 3. The summed E-state index contributed by atoms with van der Waals surface area (Å²) in [5.74, 6) is 0.454. The zero-order chi connectivity index (χ0) is 22.5. The van der Waals surface area contributed by atoms with Gasteiger partial charge in [0, 0.05) is 24.6 Å². The first-order chi connectivity index (χ1) is 14.8. The van der Waals surface area contributed by atoms with E-state index < -0.39 is 23.9 Å². The van der Waals surface area contributed by atoms with Crippen LogP contribution in [0.4, 0.5) is 4.39 Å². The lowest BCUT2D eigenvalue weighted by Gasteiger charge is -2.35. The minimum Gasteiger partial charge on any atom is -0.483 e. The number of carboxylic acid groups (broad SMARTS) is 1. The van der Waals surface area contributed by atoms with Gasteiger partial charge in [0.15, 0.2) is 0 Å². The highest BCUT2D eigenvalue weighted by molar-refractivity contribution is 5.95. The van der Waals surface area contributed by atoms with E-state index in [1.807, 2.05) is 4.90 Å². The molecule has 1 aliphatic heterocycles. The van der Waals surface area contributed by atoms with Gasteiger partial charge in [0.1, 0.15) is 5.82 Å². The zero-order valence-corrected chi connectivity index (χ0v) is 17.8. The fraction of sp³-hybridized carbons (Fsp3) is 0.609. The summed E-state index contributed by atoms with van der Waals surface area (Å²) < 4.78 is 13.5. The summed E-state index contributed by atoms with van der Waals surface area (Å²) in [5.41, 5.74) is 0.952. The fourth-order valence-electron chi connectivity index (χ4n) is 5.29. The SMILES string of the molecule is Cc1ccc(F)cc1C(=O)N[C@@H]1C[C@@H](C(=O)N2C[C@H]3CCC[C@H]3C2)CC[C@H]1O.O=CO. The summed E-state index contributed by atoms with van der Waals surface area (Å²) in [6, 6.07) is 3.62. The first kappa shape index (κ1) is 23.2. The third-order valence-electron chi connectivity index (χ3n) is 6.96. The number of aliphatic hydroxyl groups excluding tert-OH is 1. The van der Waals surface area contributed by atoms with E-state index >= 15 is 0 Å². The number of aliphatic hydroxyl groups is 1. The molecule has 3 N–H and O–H groups in total. The van der Waals surface area contributed by atoms with Crippen LogP contribution in [-0.2, 0) is 9.59 Å². The van der Waals surface area contributed by atoms with E-state index in [9.17, 15) is 19.1 Å². The molecule has 0 unspecified atom stereocenters. The van der Waals surface area contributed by atoms with Crippen molar-refractivity contribution >= 4 is 18.3 Å². The molecule has 5 atom stereocenters. The Morgan fingerprint density at radius 3 is 2.45 bits per heavy atom. The van der Waals surface area contributed by atoms with E-state index in [-0.39, 0.29) is 23.9 Å². The van der Waals surface area contributed by atoms with Gasteiger partial charge in [0.05, 0.1) is 12.1 Å². The maximum atomic E-state index is 13.5. The molecular weight excluding hydrogens is 403 g/mol. The maximum Gasteiger partial charge on any atom is 0.290 e. The number of nitrogens with one attached hydrogen (secondary N) is 1. The number of carbonyl (C=O) groups excluding carboxylic acids is 2.